The van der Waals surface area contributed by atoms with Gasteiger partial charge in [-0.25, -0.2) is 19.7 Å². The first-order valence-electron chi connectivity index (χ1n) is 5.89. The van der Waals surface area contributed by atoms with Gasteiger partial charge in [0.2, 0.25) is 0 Å². The van der Waals surface area contributed by atoms with Crippen LogP contribution in [0.1, 0.15) is 20.3 Å². The predicted octanol–water partition coefficient (Wildman–Crippen LogP) is 1.29. The Morgan fingerprint density at radius 3 is 2.67 bits per heavy atom. The lowest BCUT2D eigenvalue weighted by atomic mass is 10.0. The molecule has 1 unspecified atom stereocenters. The Kier molecular flexibility index (Phi) is 3.27. The molecule has 0 spiro atoms. The van der Waals surface area contributed by atoms with E-state index < -0.39 is 6.04 Å². The van der Waals surface area contributed by atoms with Crippen molar-refractivity contribution in [2.24, 2.45) is 5.92 Å². The topological polar surface area (TPSA) is 66.4 Å². The van der Waals surface area contributed by atoms with Crippen molar-refractivity contribution in [3.63, 3.8) is 0 Å². The Morgan fingerprint density at radius 1 is 1.39 bits per heavy atom. The van der Waals surface area contributed by atoms with Gasteiger partial charge >= 0.3 is 6.03 Å². The molecule has 0 bridgehead atoms. The number of rotatable bonds is 3. The first kappa shape index (κ1) is 12.5. The van der Waals surface area contributed by atoms with Gasteiger partial charge in [-0.1, -0.05) is 13.8 Å². The number of nitrogens with zero attached hydrogens (tertiary/aromatic N) is 4. The summed E-state index contributed by atoms with van der Waals surface area (Å²) in [6, 6.07) is 0.832. The lowest BCUT2D eigenvalue weighted by molar-refractivity contribution is -0.119. The molecule has 1 aliphatic heterocycles. The van der Waals surface area contributed by atoms with E-state index in [0.717, 1.165) is 4.90 Å². The van der Waals surface area contributed by atoms with E-state index in [4.69, 9.17) is 0 Å². The largest absolute Gasteiger partial charge is 0.333 e. The van der Waals surface area contributed by atoms with E-state index in [1.165, 1.54) is 17.4 Å². The fourth-order valence-corrected chi connectivity index (χ4v) is 2.03. The summed E-state index contributed by atoms with van der Waals surface area (Å²) >= 11 is 0. The van der Waals surface area contributed by atoms with Crippen LogP contribution in [0.25, 0.3) is 0 Å². The van der Waals surface area contributed by atoms with Crippen molar-refractivity contribution in [2.45, 2.75) is 26.3 Å². The van der Waals surface area contributed by atoms with Crippen LogP contribution >= 0.6 is 0 Å². The van der Waals surface area contributed by atoms with Gasteiger partial charge < -0.3 is 4.90 Å². The molecule has 6 nitrogen and oxygen atoms in total. The van der Waals surface area contributed by atoms with Crippen LogP contribution in [0.2, 0.25) is 0 Å². The van der Waals surface area contributed by atoms with Crippen LogP contribution in [0.5, 0.6) is 0 Å². The van der Waals surface area contributed by atoms with Crippen LogP contribution in [0, 0.1) is 5.92 Å². The standard InChI is InChI=1S/C12H16N4O2/c1-8(2)6-9-11(17)16(12(18)15(9)3)10-4-5-13-7-14-10/h4-5,7-9H,6H2,1-3H3. The normalized spacial score (nSPS) is 20.1. The summed E-state index contributed by atoms with van der Waals surface area (Å²) < 4.78 is 0. The van der Waals surface area contributed by atoms with Gasteiger partial charge in [-0.3, -0.25) is 4.79 Å². The summed E-state index contributed by atoms with van der Waals surface area (Å²) in [6.45, 7) is 4.05. The molecule has 6 heteroatoms. The molecule has 0 saturated carbocycles. The Morgan fingerprint density at radius 2 is 2.11 bits per heavy atom. The number of amides is 3. The van der Waals surface area contributed by atoms with Crippen LogP contribution in [0.15, 0.2) is 18.6 Å². The molecule has 18 heavy (non-hydrogen) atoms. The summed E-state index contributed by atoms with van der Waals surface area (Å²) in [5, 5.41) is 0. The molecule has 1 atom stereocenters. The Hall–Kier alpha value is -1.98. The van der Waals surface area contributed by atoms with Gasteiger partial charge in [0, 0.05) is 13.2 Å². The number of hydrogen-bond acceptors (Lipinski definition) is 4. The van der Waals surface area contributed by atoms with Crippen molar-refractivity contribution in [1.29, 1.82) is 0 Å². The fraction of sp³-hybridized carbons (Fsp3) is 0.500. The molecule has 0 aromatic carbocycles. The Labute approximate surface area is 106 Å². The maximum Gasteiger partial charge on any atom is 0.333 e. The zero-order valence-corrected chi connectivity index (χ0v) is 10.7. The SMILES string of the molecule is CC(C)CC1C(=O)N(c2ccncn2)C(=O)N1C. The molecular weight excluding hydrogens is 232 g/mol. The van der Waals surface area contributed by atoms with Gasteiger partial charge in [0.15, 0.2) is 0 Å². The second kappa shape index (κ2) is 4.72. The molecule has 1 fully saturated rings. The molecule has 0 radical (unpaired) electrons. The van der Waals surface area contributed by atoms with Crippen LogP contribution in [-0.2, 0) is 4.79 Å². The van der Waals surface area contributed by atoms with Crippen molar-refractivity contribution in [2.75, 3.05) is 11.9 Å². The van der Waals surface area contributed by atoms with E-state index in [1.807, 2.05) is 13.8 Å². The van der Waals surface area contributed by atoms with Gasteiger partial charge in [-0.05, 0) is 18.4 Å². The average Bonchev–Trinajstić information content (AvgIpc) is 2.54. The van der Waals surface area contributed by atoms with Gasteiger partial charge in [-0.15, -0.1) is 0 Å². The molecule has 2 rings (SSSR count). The minimum atomic E-state index is -0.396. The third kappa shape index (κ3) is 2.05. The second-order valence-corrected chi connectivity index (χ2v) is 4.78. The summed E-state index contributed by atoms with van der Waals surface area (Å²) in [4.78, 5) is 34.7. The maximum absolute atomic E-state index is 12.3. The van der Waals surface area contributed by atoms with E-state index in [0.29, 0.717) is 18.2 Å². The number of anilines is 1. The van der Waals surface area contributed by atoms with E-state index in [9.17, 15) is 9.59 Å². The van der Waals surface area contributed by atoms with Crippen LogP contribution in [0.3, 0.4) is 0 Å². The van der Waals surface area contributed by atoms with Gasteiger partial charge in [-0.2, -0.15) is 0 Å². The quantitative estimate of drug-likeness (QED) is 0.756. The Bertz CT molecular complexity index is 460. The number of hydrogen-bond donors (Lipinski definition) is 0. The van der Waals surface area contributed by atoms with E-state index in [-0.39, 0.29) is 11.9 Å². The van der Waals surface area contributed by atoms with E-state index >= 15 is 0 Å². The molecule has 0 N–H and O–H groups in total. The lowest BCUT2D eigenvalue weighted by Crippen LogP contribution is -2.32. The van der Waals surface area contributed by atoms with E-state index in [1.54, 1.807) is 13.1 Å². The molecule has 1 aliphatic rings. The fourth-order valence-electron chi connectivity index (χ4n) is 2.03. The number of imide groups is 1. The minimum Gasteiger partial charge on any atom is -0.315 e. The number of carbonyl (C=O) groups is 2. The number of aromatic nitrogens is 2. The van der Waals surface area contributed by atoms with Crippen molar-refractivity contribution in [1.82, 2.24) is 14.9 Å². The third-order valence-corrected chi connectivity index (χ3v) is 2.96. The molecule has 1 aromatic rings. The molecule has 2 heterocycles. The van der Waals surface area contributed by atoms with Gasteiger partial charge in [0.25, 0.3) is 5.91 Å². The first-order valence-corrected chi connectivity index (χ1v) is 5.89. The molecule has 1 saturated heterocycles. The zero-order valence-electron chi connectivity index (χ0n) is 10.7. The summed E-state index contributed by atoms with van der Waals surface area (Å²) in [5.41, 5.74) is 0. The van der Waals surface area contributed by atoms with Gasteiger partial charge in [0.05, 0.1) is 0 Å². The van der Waals surface area contributed by atoms with Crippen molar-refractivity contribution >= 4 is 17.8 Å². The van der Waals surface area contributed by atoms with Crippen LogP contribution < -0.4 is 4.90 Å². The highest BCUT2D eigenvalue weighted by Gasteiger charge is 2.44. The lowest BCUT2D eigenvalue weighted by Gasteiger charge is -2.17. The molecule has 3 amide bonds. The van der Waals surface area contributed by atoms with Crippen molar-refractivity contribution in [3.05, 3.63) is 18.6 Å². The summed E-state index contributed by atoms with van der Waals surface area (Å²) in [7, 11) is 1.65. The third-order valence-electron chi connectivity index (χ3n) is 2.96. The highest BCUT2D eigenvalue weighted by atomic mass is 16.2. The number of carbonyl (C=O) groups excluding carboxylic acids is 2. The van der Waals surface area contributed by atoms with Gasteiger partial charge in [0.1, 0.15) is 18.2 Å². The number of urea groups is 1. The molecular formula is C12H16N4O2. The highest BCUT2D eigenvalue weighted by Crippen LogP contribution is 2.25. The predicted molar refractivity (Wildman–Crippen MR) is 65.9 cm³/mol. The Balaban J connectivity index is 2.29. The monoisotopic (exact) mass is 248 g/mol. The van der Waals surface area contributed by atoms with E-state index in [2.05, 4.69) is 9.97 Å². The molecule has 0 aliphatic carbocycles. The summed E-state index contributed by atoms with van der Waals surface area (Å²) in [5.74, 6) is 0.465. The molecule has 96 valence electrons. The van der Waals surface area contributed by atoms with Crippen LogP contribution in [0.4, 0.5) is 10.6 Å². The minimum absolute atomic E-state index is 0.213. The zero-order chi connectivity index (χ0) is 13.3. The maximum atomic E-state index is 12.3. The van der Waals surface area contributed by atoms with Crippen molar-refractivity contribution < 1.29 is 9.59 Å². The summed E-state index contributed by atoms with van der Waals surface area (Å²) in [6.07, 6.45) is 3.49. The first-order chi connectivity index (χ1) is 8.52. The average molecular weight is 248 g/mol. The van der Waals surface area contributed by atoms with Crippen LogP contribution in [-0.4, -0.2) is 39.9 Å². The smallest absolute Gasteiger partial charge is 0.315 e. The highest BCUT2D eigenvalue weighted by molar-refractivity contribution is 6.20. The molecule has 1 aromatic heterocycles. The number of likely N-dealkylation sites (N-methyl/N-ethyl adjacent to an activating group) is 1. The van der Waals surface area contributed by atoms with Crippen molar-refractivity contribution in [3.8, 4) is 0 Å². The second-order valence-electron chi connectivity index (χ2n) is 4.78.